The molecule has 1 aliphatic rings. The molecule has 0 radical (unpaired) electrons. The molecule has 0 aliphatic heterocycles. The van der Waals surface area contributed by atoms with Crippen LogP contribution in [0.15, 0.2) is 0 Å². The summed E-state index contributed by atoms with van der Waals surface area (Å²) >= 11 is 0. The largest absolute Gasteiger partial charge is 0.383 e. The second-order valence-electron chi connectivity index (χ2n) is 5.58. The van der Waals surface area contributed by atoms with E-state index in [1.54, 1.807) is 13.8 Å². The Balaban J connectivity index is 2.40. The van der Waals surface area contributed by atoms with Gasteiger partial charge in [0.2, 0.25) is 0 Å². The normalized spacial score (nSPS) is 27.1. The first-order valence-electron chi connectivity index (χ1n) is 6.23. The molecule has 0 aromatic heterocycles. The van der Waals surface area contributed by atoms with Gasteiger partial charge < -0.3 is 9.84 Å². The van der Waals surface area contributed by atoms with Gasteiger partial charge in [-0.3, -0.25) is 4.79 Å². The molecular weight excluding hydrogens is 204 g/mol. The van der Waals surface area contributed by atoms with Crippen molar-refractivity contribution in [2.45, 2.75) is 71.2 Å². The van der Waals surface area contributed by atoms with Crippen LogP contribution in [-0.4, -0.2) is 28.7 Å². The molecule has 0 saturated heterocycles. The number of hydrogen-bond donors (Lipinski definition) is 1. The van der Waals surface area contributed by atoms with Crippen LogP contribution in [0.1, 0.15) is 53.4 Å². The summed E-state index contributed by atoms with van der Waals surface area (Å²) in [6.07, 6.45) is 4.12. The van der Waals surface area contributed by atoms with Crippen LogP contribution in [0.3, 0.4) is 0 Å². The average molecular weight is 228 g/mol. The van der Waals surface area contributed by atoms with E-state index in [0.29, 0.717) is 6.10 Å². The summed E-state index contributed by atoms with van der Waals surface area (Å²) in [5.41, 5.74) is -1.18. The minimum atomic E-state index is -1.18. The minimum absolute atomic E-state index is 0.0181. The third-order valence-electron chi connectivity index (χ3n) is 3.11. The van der Waals surface area contributed by atoms with Gasteiger partial charge in [-0.2, -0.15) is 0 Å². The lowest BCUT2D eigenvalue weighted by Gasteiger charge is -2.31. The summed E-state index contributed by atoms with van der Waals surface area (Å²) in [4.78, 5) is 11.9. The molecule has 1 aliphatic carbocycles. The number of carbonyl (C=O) groups is 1. The monoisotopic (exact) mass is 228 g/mol. The van der Waals surface area contributed by atoms with Gasteiger partial charge in [0, 0.05) is 5.92 Å². The van der Waals surface area contributed by atoms with E-state index in [9.17, 15) is 9.90 Å². The summed E-state index contributed by atoms with van der Waals surface area (Å²) in [6, 6.07) is 0. The molecule has 0 spiro atoms. The van der Waals surface area contributed by atoms with Gasteiger partial charge in [-0.15, -0.1) is 0 Å². The Bertz CT molecular complexity index is 232. The van der Waals surface area contributed by atoms with Gasteiger partial charge in [0.25, 0.3) is 0 Å². The van der Waals surface area contributed by atoms with E-state index in [1.807, 2.05) is 13.8 Å². The molecule has 1 fully saturated rings. The van der Waals surface area contributed by atoms with E-state index in [4.69, 9.17) is 4.74 Å². The Morgan fingerprint density at radius 2 is 1.75 bits per heavy atom. The summed E-state index contributed by atoms with van der Waals surface area (Å²) in [5, 5.41) is 9.67. The van der Waals surface area contributed by atoms with Crippen LogP contribution in [-0.2, 0) is 9.53 Å². The van der Waals surface area contributed by atoms with Crippen LogP contribution in [0, 0.1) is 5.92 Å². The number of carbonyl (C=O) groups excluding carboxylic acids is 1. The molecule has 0 heterocycles. The zero-order valence-electron chi connectivity index (χ0n) is 10.8. The Labute approximate surface area is 98.2 Å². The maximum atomic E-state index is 11.9. The quantitative estimate of drug-likeness (QED) is 0.803. The Hall–Kier alpha value is -0.410. The van der Waals surface area contributed by atoms with Crippen LogP contribution >= 0.6 is 0 Å². The summed E-state index contributed by atoms with van der Waals surface area (Å²) in [6.45, 7) is 7.22. The van der Waals surface area contributed by atoms with E-state index < -0.39 is 5.60 Å². The number of ketones is 1. The Morgan fingerprint density at radius 1 is 1.25 bits per heavy atom. The van der Waals surface area contributed by atoms with Crippen molar-refractivity contribution in [1.82, 2.24) is 0 Å². The van der Waals surface area contributed by atoms with Gasteiger partial charge in [-0.25, -0.2) is 0 Å². The van der Waals surface area contributed by atoms with Crippen LogP contribution in [0.5, 0.6) is 0 Å². The lowest BCUT2D eigenvalue weighted by atomic mass is 9.80. The van der Waals surface area contributed by atoms with Gasteiger partial charge >= 0.3 is 0 Å². The highest BCUT2D eigenvalue weighted by Crippen LogP contribution is 2.30. The number of hydrogen-bond acceptors (Lipinski definition) is 3. The van der Waals surface area contributed by atoms with Gasteiger partial charge in [0.05, 0.1) is 12.2 Å². The highest BCUT2D eigenvalue weighted by Gasteiger charge is 2.34. The Kier molecular flexibility index (Phi) is 4.51. The number of aliphatic hydroxyl groups is 1. The topological polar surface area (TPSA) is 46.5 Å². The summed E-state index contributed by atoms with van der Waals surface area (Å²) < 4.78 is 5.73. The van der Waals surface area contributed by atoms with E-state index >= 15 is 0 Å². The van der Waals surface area contributed by atoms with Crippen molar-refractivity contribution in [2.24, 2.45) is 5.92 Å². The number of rotatable bonds is 4. The molecule has 0 amide bonds. The highest BCUT2D eigenvalue weighted by atomic mass is 16.5. The zero-order chi connectivity index (χ0) is 12.3. The van der Waals surface area contributed by atoms with E-state index in [-0.39, 0.29) is 17.8 Å². The fourth-order valence-electron chi connectivity index (χ4n) is 2.35. The number of ether oxygens (including phenoxy) is 1. The van der Waals surface area contributed by atoms with Gasteiger partial charge in [0.1, 0.15) is 5.60 Å². The third-order valence-corrected chi connectivity index (χ3v) is 3.11. The fraction of sp³-hybridized carbons (Fsp3) is 0.923. The molecule has 3 heteroatoms. The summed E-state index contributed by atoms with van der Waals surface area (Å²) in [7, 11) is 0. The molecule has 0 aromatic carbocycles. The molecule has 0 unspecified atom stereocenters. The Morgan fingerprint density at radius 3 is 2.12 bits per heavy atom. The van der Waals surface area contributed by atoms with Crippen molar-refractivity contribution in [3.8, 4) is 0 Å². The molecule has 94 valence electrons. The fourth-order valence-corrected chi connectivity index (χ4v) is 2.35. The van der Waals surface area contributed by atoms with Crippen molar-refractivity contribution >= 4 is 5.78 Å². The average Bonchev–Trinajstić information content (AvgIpc) is 2.15. The van der Waals surface area contributed by atoms with Crippen LogP contribution in [0.2, 0.25) is 0 Å². The van der Waals surface area contributed by atoms with Crippen molar-refractivity contribution in [1.29, 1.82) is 0 Å². The first-order chi connectivity index (χ1) is 7.30. The molecule has 0 aromatic rings. The first kappa shape index (κ1) is 13.7. The van der Waals surface area contributed by atoms with Crippen molar-refractivity contribution in [3.63, 3.8) is 0 Å². The lowest BCUT2D eigenvalue weighted by molar-refractivity contribution is -0.140. The van der Waals surface area contributed by atoms with Crippen molar-refractivity contribution < 1.29 is 14.6 Å². The van der Waals surface area contributed by atoms with Crippen LogP contribution in [0.4, 0.5) is 0 Å². The summed E-state index contributed by atoms with van der Waals surface area (Å²) in [5.74, 6) is 0.00232. The third kappa shape index (κ3) is 3.87. The molecular formula is C13H24O3. The minimum Gasteiger partial charge on any atom is -0.383 e. The zero-order valence-corrected chi connectivity index (χ0v) is 10.8. The molecule has 1 N–H and O–H groups in total. The second-order valence-corrected chi connectivity index (χ2v) is 5.58. The maximum absolute atomic E-state index is 11.9. The van der Waals surface area contributed by atoms with Crippen molar-refractivity contribution in [2.75, 3.05) is 0 Å². The molecule has 1 saturated carbocycles. The highest BCUT2D eigenvalue weighted by molar-refractivity contribution is 5.88. The lowest BCUT2D eigenvalue weighted by Crippen LogP contribution is -2.39. The molecule has 1 rings (SSSR count). The van der Waals surface area contributed by atoms with E-state index in [2.05, 4.69) is 0 Å². The standard InChI is InChI=1S/C13H24O3/c1-9(2)16-11-7-5-10(6-8-11)12(14)13(3,4)15/h9-11,15H,5-8H2,1-4H3. The van der Waals surface area contributed by atoms with E-state index in [1.165, 1.54) is 0 Å². The van der Waals surface area contributed by atoms with Crippen molar-refractivity contribution in [3.05, 3.63) is 0 Å². The molecule has 3 nitrogen and oxygen atoms in total. The smallest absolute Gasteiger partial charge is 0.166 e. The van der Waals surface area contributed by atoms with Gasteiger partial charge in [0.15, 0.2) is 5.78 Å². The van der Waals surface area contributed by atoms with E-state index in [0.717, 1.165) is 25.7 Å². The SMILES string of the molecule is CC(C)OC1CCC(C(=O)C(C)(C)O)CC1. The van der Waals surface area contributed by atoms with Gasteiger partial charge in [-0.05, 0) is 53.4 Å². The van der Waals surface area contributed by atoms with Crippen LogP contribution in [0.25, 0.3) is 0 Å². The molecule has 0 bridgehead atoms. The predicted octanol–water partition coefficient (Wildman–Crippen LogP) is 2.31. The molecule has 0 atom stereocenters. The second kappa shape index (κ2) is 5.28. The first-order valence-corrected chi connectivity index (χ1v) is 6.23. The predicted molar refractivity (Wildman–Crippen MR) is 63.3 cm³/mol. The maximum Gasteiger partial charge on any atom is 0.166 e. The number of Topliss-reactive ketones (excluding diaryl/α,β-unsaturated/α-hetero) is 1. The van der Waals surface area contributed by atoms with Gasteiger partial charge in [-0.1, -0.05) is 0 Å². The van der Waals surface area contributed by atoms with Crippen LogP contribution < -0.4 is 0 Å². The molecule has 16 heavy (non-hydrogen) atoms.